The molecule has 1 aromatic carbocycles. The van der Waals surface area contributed by atoms with Gasteiger partial charge in [-0.05, 0) is 30.8 Å². The number of aromatic nitrogens is 2. The average molecular weight is 276 g/mol. The molecule has 2 aromatic rings. The third kappa shape index (κ3) is 2.63. The van der Waals surface area contributed by atoms with E-state index >= 15 is 0 Å². The minimum atomic E-state index is -0.251. The van der Waals surface area contributed by atoms with Crippen molar-refractivity contribution in [2.24, 2.45) is 0 Å². The van der Waals surface area contributed by atoms with Crippen molar-refractivity contribution in [1.82, 2.24) is 10.2 Å². The fourth-order valence-electron chi connectivity index (χ4n) is 1.89. The molecule has 1 saturated heterocycles. The van der Waals surface area contributed by atoms with Gasteiger partial charge in [0.2, 0.25) is 5.89 Å². The first-order chi connectivity index (χ1) is 9.22. The van der Waals surface area contributed by atoms with Crippen molar-refractivity contribution >= 4 is 17.7 Å². The van der Waals surface area contributed by atoms with Crippen molar-refractivity contribution in [3.05, 3.63) is 30.3 Å². The molecule has 0 aliphatic carbocycles. The standard InChI is InChI=1S/C13H12N2O3S/c1-8-7-10(12(16)17-8)19-13-15-14-11(18-13)9-5-3-2-4-6-9/h2-6,8,10H,7H2,1H3/t8-,10+/m0/s1. The highest BCUT2D eigenvalue weighted by Crippen LogP contribution is 2.32. The highest BCUT2D eigenvalue weighted by molar-refractivity contribution is 8.00. The normalized spacial score (nSPS) is 22.5. The molecular formula is C13H12N2O3S. The molecule has 2 heterocycles. The van der Waals surface area contributed by atoms with E-state index in [-0.39, 0.29) is 17.3 Å². The van der Waals surface area contributed by atoms with Crippen molar-refractivity contribution in [2.75, 3.05) is 0 Å². The molecule has 1 aliphatic rings. The van der Waals surface area contributed by atoms with E-state index in [0.717, 1.165) is 5.56 Å². The predicted octanol–water partition coefficient (Wildman–Crippen LogP) is 2.53. The summed E-state index contributed by atoms with van der Waals surface area (Å²) in [5, 5.41) is 8.08. The monoisotopic (exact) mass is 276 g/mol. The molecule has 3 rings (SSSR count). The maximum absolute atomic E-state index is 11.5. The van der Waals surface area contributed by atoms with Crippen LogP contribution < -0.4 is 0 Å². The lowest BCUT2D eigenvalue weighted by Crippen LogP contribution is -2.09. The molecule has 1 aromatic heterocycles. The van der Waals surface area contributed by atoms with Crippen LogP contribution in [-0.4, -0.2) is 27.5 Å². The number of cyclic esters (lactones) is 1. The summed E-state index contributed by atoms with van der Waals surface area (Å²) in [7, 11) is 0. The molecular weight excluding hydrogens is 264 g/mol. The van der Waals surface area contributed by atoms with Crippen LogP contribution in [0.25, 0.3) is 11.5 Å². The van der Waals surface area contributed by atoms with Crippen molar-refractivity contribution in [2.45, 2.75) is 29.9 Å². The van der Waals surface area contributed by atoms with Crippen LogP contribution in [0.15, 0.2) is 40.0 Å². The second-order valence-electron chi connectivity index (χ2n) is 4.33. The Morgan fingerprint density at radius 2 is 2.05 bits per heavy atom. The van der Waals surface area contributed by atoms with Crippen LogP contribution in [0.3, 0.4) is 0 Å². The van der Waals surface area contributed by atoms with Crippen LogP contribution in [0.5, 0.6) is 0 Å². The second kappa shape index (κ2) is 5.05. The van der Waals surface area contributed by atoms with E-state index in [9.17, 15) is 4.79 Å². The summed E-state index contributed by atoms with van der Waals surface area (Å²) in [5.41, 5.74) is 0.865. The summed E-state index contributed by atoms with van der Waals surface area (Å²) < 4.78 is 10.6. The van der Waals surface area contributed by atoms with Gasteiger partial charge in [0.15, 0.2) is 0 Å². The smallest absolute Gasteiger partial charge is 0.320 e. The Kier molecular flexibility index (Phi) is 3.25. The highest BCUT2D eigenvalue weighted by Gasteiger charge is 2.34. The molecule has 1 fully saturated rings. The van der Waals surface area contributed by atoms with Crippen molar-refractivity contribution in [3.63, 3.8) is 0 Å². The summed E-state index contributed by atoms with van der Waals surface area (Å²) in [5.74, 6) is 0.250. The van der Waals surface area contributed by atoms with Crippen LogP contribution in [0.2, 0.25) is 0 Å². The molecule has 2 atom stereocenters. The summed E-state index contributed by atoms with van der Waals surface area (Å²) in [6.07, 6.45) is 0.633. The SMILES string of the molecule is C[C@H]1C[C@@H](Sc2nnc(-c3ccccc3)o2)C(=O)O1. The minimum absolute atomic E-state index is 0.0403. The van der Waals surface area contributed by atoms with Crippen molar-refractivity contribution in [3.8, 4) is 11.5 Å². The second-order valence-corrected chi connectivity index (χ2v) is 5.48. The molecule has 0 spiro atoms. The van der Waals surface area contributed by atoms with Gasteiger partial charge in [-0.15, -0.1) is 10.2 Å². The lowest BCUT2D eigenvalue weighted by atomic mass is 10.2. The van der Waals surface area contributed by atoms with Gasteiger partial charge in [0.25, 0.3) is 5.22 Å². The molecule has 0 bridgehead atoms. The van der Waals surface area contributed by atoms with E-state index in [2.05, 4.69) is 10.2 Å². The number of carbonyl (C=O) groups excluding carboxylic acids is 1. The van der Waals surface area contributed by atoms with Crippen LogP contribution in [0.1, 0.15) is 13.3 Å². The Hall–Kier alpha value is -1.82. The van der Waals surface area contributed by atoms with E-state index in [4.69, 9.17) is 9.15 Å². The first-order valence-corrected chi connectivity index (χ1v) is 6.86. The fraction of sp³-hybridized carbons (Fsp3) is 0.308. The van der Waals surface area contributed by atoms with Crippen molar-refractivity contribution in [1.29, 1.82) is 0 Å². The number of nitrogens with zero attached hydrogens (tertiary/aromatic N) is 2. The van der Waals surface area contributed by atoms with Crippen LogP contribution in [0, 0.1) is 0 Å². The van der Waals surface area contributed by atoms with Gasteiger partial charge < -0.3 is 9.15 Å². The summed E-state index contributed by atoms with van der Waals surface area (Å²) >= 11 is 1.26. The van der Waals surface area contributed by atoms with Gasteiger partial charge in [-0.1, -0.05) is 18.2 Å². The molecule has 98 valence electrons. The van der Waals surface area contributed by atoms with E-state index < -0.39 is 0 Å². The molecule has 5 nitrogen and oxygen atoms in total. The van der Waals surface area contributed by atoms with Crippen LogP contribution in [0.4, 0.5) is 0 Å². The zero-order valence-corrected chi connectivity index (χ0v) is 11.1. The van der Waals surface area contributed by atoms with Gasteiger partial charge in [0, 0.05) is 12.0 Å². The van der Waals surface area contributed by atoms with Gasteiger partial charge >= 0.3 is 5.97 Å². The number of benzene rings is 1. The first kappa shape index (κ1) is 12.2. The highest BCUT2D eigenvalue weighted by atomic mass is 32.2. The molecule has 0 saturated carbocycles. The van der Waals surface area contributed by atoms with E-state index in [1.807, 2.05) is 37.3 Å². The van der Waals surface area contributed by atoms with E-state index in [1.54, 1.807) is 0 Å². The van der Waals surface area contributed by atoms with Crippen molar-refractivity contribution < 1.29 is 13.9 Å². The Morgan fingerprint density at radius 3 is 2.74 bits per heavy atom. The number of rotatable bonds is 3. The quantitative estimate of drug-likeness (QED) is 0.803. The maximum Gasteiger partial charge on any atom is 0.320 e. The molecule has 1 aliphatic heterocycles. The molecule has 6 heteroatoms. The number of thioether (sulfide) groups is 1. The Bertz CT molecular complexity index is 585. The topological polar surface area (TPSA) is 65.2 Å². The first-order valence-electron chi connectivity index (χ1n) is 5.98. The molecule has 0 amide bonds. The summed E-state index contributed by atoms with van der Waals surface area (Å²) in [4.78, 5) is 11.5. The van der Waals surface area contributed by atoms with Gasteiger partial charge in [-0.25, -0.2) is 0 Å². The summed E-state index contributed by atoms with van der Waals surface area (Å²) in [6.45, 7) is 1.88. The zero-order valence-electron chi connectivity index (χ0n) is 10.3. The van der Waals surface area contributed by atoms with Gasteiger partial charge in [-0.3, -0.25) is 4.79 Å². The van der Waals surface area contributed by atoms with E-state index in [1.165, 1.54) is 11.8 Å². The minimum Gasteiger partial charge on any atom is -0.462 e. The zero-order chi connectivity index (χ0) is 13.2. The lowest BCUT2D eigenvalue weighted by molar-refractivity contribution is -0.140. The Morgan fingerprint density at radius 1 is 1.26 bits per heavy atom. The molecule has 0 N–H and O–H groups in total. The van der Waals surface area contributed by atoms with Crippen LogP contribution >= 0.6 is 11.8 Å². The van der Waals surface area contributed by atoms with Gasteiger partial charge in [0.1, 0.15) is 11.4 Å². The number of carbonyl (C=O) groups is 1. The summed E-state index contributed by atoms with van der Waals surface area (Å²) in [6, 6.07) is 9.53. The van der Waals surface area contributed by atoms with Gasteiger partial charge in [0.05, 0.1) is 0 Å². The predicted molar refractivity (Wildman–Crippen MR) is 69.6 cm³/mol. The number of ether oxygens (including phenoxy) is 1. The van der Waals surface area contributed by atoms with E-state index in [0.29, 0.717) is 17.5 Å². The fourth-order valence-corrected chi connectivity index (χ4v) is 2.87. The molecule has 0 unspecified atom stereocenters. The Balaban J connectivity index is 1.74. The molecule has 19 heavy (non-hydrogen) atoms. The maximum atomic E-state index is 11.5. The largest absolute Gasteiger partial charge is 0.462 e. The number of hydrogen-bond acceptors (Lipinski definition) is 6. The van der Waals surface area contributed by atoms with Crippen LogP contribution in [-0.2, 0) is 9.53 Å². The molecule has 0 radical (unpaired) electrons. The Labute approximate surface area is 114 Å². The van der Waals surface area contributed by atoms with Gasteiger partial charge in [-0.2, -0.15) is 0 Å². The third-order valence-electron chi connectivity index (χ3n) is 2.80. The average Bonchev–Trinajstić information content (AvgIpc) is 2.99. The third-order valence-corrected chi connectivity index (χ3v) is 3.83. The lowest BCUT2D eigenvalue weighted by Gasteiger charge is -1.99. The number of hydrogen-bond donors (Lipinski definition) is 0. The number of esters is 1.